The van der Waals surface area contributed by atoms with Gasteiger partial charge in [0.2, 0.25) is 0 Å². The minimum absolute atomic E-state index is 0.731. The van der Waals surface area contributed by atoms with Crippen molar-refractivity contribution in [3.63, 3.8) is 0 Å². The number of hydrogen-bond acceptors (Lipinski definition) is 7. The average Bonchev–Trinajstić information content (AvgIpc) is 3.60. The number of pyridine rings is 3. The van der Waals surface area contributed by atoms with Crippen LogP contribution in [-0.2, 0) is 0 Å². The molecule has 0 fully saturated rings. The monoisotopic (exact) mass is 490 g/mol. The predicted octanol–water partition coefficient (Wildman–Crippen LogP) is 4.54. The van der Waals surface area contributed by atoms with Crippen LogP contribution in [0, 0.1) is 6.92 Å². The normalized spacial score (nSPS) is 11.6. The molecule has 0 amide bonds. The molecule has 0 aliphatic carbocycles. The van der Waals surface area contributed by atoms with Crippen LogP contribution in [-0.4, -0.2) is 65.2 Å². The number of hydrogen-bond donors (Lipinski definition) is 3. The van der Waals surface area contributed by atoms with Crippen LogP contribution in [0.3, 0.4) is 0 Å². The lowest BCUT2D eigenvalue weighted by atomic mass is 10.1. The van der Waals surface area contributed by atoms with Gasteiger partial charge in [-0.2, -0.15) is 5.10 Å². The molecule has 0 atom stereocenters. The Labute approximate surface area is 213 Å². The number of H-pyrrole nitrogens is 2. The fourth-order valence-corrected chi connectivity index (χ4v) is 4.44. The smallest absolute Gasteiger partial charge is 0.135 e. The zero-order chi connectivity index (χ0) is 25.5. The maximum atomic E-state index is 4.96. The van der Waals surface area contributed by atoms with E-state index in [2.05, 4.69) is 53.0 Å². The Balaban J connectivity index is 1.38. The lowest BCUT2D eigenvalue weighted by Gasteiger charge is -2.14. The van der Waals surface area contributed by atoms with E-state index in [0.717, 1.165) is 73.9 Å². The van der Waals surface area contributed by atoms with E-state index in [-0.39, 0.29) is 0 Å². The van der Waals surface area contributed by atoms with E-state index in [9.17, 15) is 0 Å². The summed E-state index contributed by atoms with van der Waals surface area (Å²) >= 11 is 0. The van der Waals surface area contributed by atoms with Crippen LogP contribution in [0.4, 0.5) is 5.69 Å². The Bertz CT molecular complexity index is 1750. The van der Waals surface area contributed by atoms with Crippen LogP contribution in [0.2, 0.25) is 0 Å². The van der Waals surface area contributed by atoms with Gasteiger partial charge >= 0.3 is 0 Å². The molecule has 0 radical (unpaired) electrons. The van der Waals surface area contributed by atoms with Gasteiger partial charge in [-0.05, 0) is 45.3 Å². The second-order valence-electron chi connectivity index (χ2n) is 9.32. The van der Waals surface area contributed by atoms with Gasteiger partial charge in [0.05, 0.1) is 64.4 Å². The molecule has 37 heavy (non-hydrogen) atoms. The highest BCUT2D eigenvalue weighted by Gasteiger charge is 2.16. The largest absolute Gasteiger partial charge is 0.357 e. The molecule has 0 saturated carbocycles. The van der Waals surface area contributed by atoms with Crippen molar-refractivity contribution in [1.82, 2.24) is 44.6 Å². The molecule has 0 spiro atoms. The lowest BCUT2D eigenvalue weighted by molar-refractivity contribution is 0.447. The van der Waals surface area contributed by atoms with Gasteiger partial charge in [-0.3, -0.25) is 15.1 Å². The molecule has 6 rings (SSSR count). The van der Waals surface area contributed by atoms with Crippen molar-refractivity contribution < 1.29 is 0 Å². The number of aromatic amines is 2. The van der Waals surface area contributed by atoms with Crippen molar-refractivity contribution in [3.05, 3.63) is 79.5 Å². The van der Waals surface area contributed by atoms with Gasteiger partial charge < -0.3 is 19.8 Å². The Kier molecular flexibility index (Phi) is 5.50. The van der Waals surface area contributed by atoms with E-state index < -0.39 is 0 Å². The Morgan fingerprint density at radius 3 is 2.76 bits per heavy atom. The quantitative estimate of drug-likeness (QED) is 0.301. The first-order valence-electron chi connectivity index (χ1n) is 11.8. The number of imidazole rings is 1. The van der Waals surface area contributed by atoms with Crippen LogP contribution in [0.1, 0.15) is 5.69 Å². The minimum atomic E-state index is 0.731. The van der Waals surface area contributed by atoms with Gasteiger partial charge in [-0.25, -0.2) is 9.97 Å². The summed E-state index contributed by atoms with van der Waals surface area (Å²) in [6.45, 7) is 6.79. The first-order valence-corrected chi connectivity index (χ1v) is 11.8. The number of nitrogens with zero attached hydrogens (tertiary/aromatic N) is 7. The van der Waals surface area contributed by atoms with Gasteiger partial charge in [-0.1, -0.05) is 6.58 Å². The first-order chi connectivity index (χ1) is 17.9. The molecule has 6 heterocycles. The van der Waals surface area contributed by atoms with Crippen molar-refractivity contribution in [3.8, 4) is 28.3 Å². The van der Waals surface area contributed by atoms with Gasteiger partial charge in [-0.15, -0.1) is 0 Å². The molecule has 10 heteroatoms. The van der Waals surface area contributed by atoms with Gasteiger partial charge in [0.1, 0.15) is 11.2 Å². The number of likely N-dealkylation sites (N-methyl/N-ethyl adjacent to an activating group) is 1. The summed E-state index contributed by atoms with van der Waals surface area (Å²) in [5, 5.41) is 12.0. The van der Waals surface area contributed by atoms with E-state index in [1.807, 2.05) is 68.6 Å². The Hall–Kier alpha value is -4.83. The van der Waals surface area contributed by atoms with Crippen molar-refractivity contribution in [1.29, 1.82) is 0 Å². The molecule has 0 aromatic carbocycles. The molecule has 0 saturated heterocycles. The highest BCUT2D eigenvalue weighted by atomic mass is 15.1. The number of aryl methyl sites for hydroxylation is 1. The van der Waals surface area contributed by atoms with Crippen molar-refractivity contribution in [2.24, 2.45) is 0 Å². The third-order valence-corrected chi connectivity index (χ3v) is 6.04. The third kappa shape index (κ3) is 4.34. The number of rotatable bonds is 7. The summed E-state index contributed by atoms with van der Waals surface area (Å²) in [5.41, 5.74) is 9.47. The number of anilines is 1. The number of aromatic nitrogens is 8. The van der Waals surface area contributed by atoms with E-state index >= 15 is 0 Å². The Morgan fingerprint density at radius 2 is 1.95 bits per heavy atom. The van der Waals surface area contributed by atoms with Crippen molar-refractivity contribution in [2.45, 2.75) is 6.92 Å². The first kappa shape index (κ1) is 22.6. The second kappa shape index (κ2) is 8.99. The second-order valence-corrected chi connectivity index (χ2v) is 9.32. The topological polar surface area (TPSA) is 116 Å². The molecule has 3 N–H and O–H groups in total. The lowest BCUT2D eigenvalue weighted by Crippen LogP contribution is -2.18. The van der Waals surface area contributed by atoms with Gasteiger partial charge in [0, 0.05) is 35.6 Å². The van der Waals surface area contributed by atoms with Gasteiger partial charge in [0.15, 0.2) is 0 Å². The summed E-state index contributed by atoms with van der Waals surface area (Å²) in [5.74, 6) is 0. The molecule has 0 aliphatic rings. The molecular weight excluding hydrogens is 464 g/mol. The van der Waals surface area contributed by atoms with E-state index in [4.69, 9.17) is 4.98 Å². The number of nitrogens with one attached hydrogen (secondary N) is 3. The molecule has 6 aromatic heterocycles. The fraction of sp³-hybridized carbons (Fsp3) is 0.148. The zero-order valence-electron chi connectivity index (χ0n) is 20.8. The maximum absolute atomic E-state index is 4.96. The molecule has 10 nitrogen and oxygen atoms in total. The minimum Gasteiger partial charge on any atom is -0.357 e. The molecule has 6 aromatic rings. The summed E-state index contributed by atoms with van der Waals surface area (Å²) in [6.07, 6.45) is 11.0. The summed E-state index contributed by atoms with van der Waals surface area (Å²) in [6, 6.07) is 8.06. The Morgan fingerprint density at radius 1 is 1.08 bits per heavy atom. The van der Waals surface area contributed by atoms with Crippen LogP contribution in [0.15, 0.2) is 73.9 Å². The average molecular weight is 491 g/mol. The zero-order valence-corrected chi connectivity index (χ0v) is 20.8. The maximum Gasteiger partial charge on any atom is 0.135 e. The van der Waals surface area contributed by atoms with Gasteiger partial charge in [0.25, 0.3) is 0 Å². The van der Waals surface area contributed by atoms with Crippen LogP contribution in [0.25, 0.3) is 50.3 Å². The van der Waals surface area contributed by atoms with Crippen LogP contribution >= 0.6 is 0 Å². The van der Waals surface area contributed by atoms with Crippen LogP contribution < -0.4 is 5.32 Å². The SMILES string of the molecule is C=C(CN(C)C)Nc1cncc(-c2ccc3[nH]nc(-c4cc5c(-n6cnc(C)c6)cncc5[nH]4)c3n2)c1. The molecule has 184 valence electrons. The number of fused-ring (bicyclic) bond motifs is 2. The van der Waals surface area contributed by atoms with E-state index in [1.54, 1.807) is 12.5 Å². The molecular formula is C27H26N10. The fourth-order valence-electron chi connectivity index (χ4n) is 4.44. The molecule has 0 bridgehead atoms. The van der Waals surface area contributed by atoms with Crippen LogP contribution in [0.5, 0.6) is 0 Å². The summed E-state index contributed by atoms with van der Waals surface area (Å²) < 4.78 is 1.97. The van der Waals surface area contributed by atoms with Crippen molar-refractivity contribution in [2.75, 3.05) is 26.0 Å². The predicted molar refractivity (Wildman–Crippen MR) is 145 cm³/mol. The standard InChI is InChI=1S/C27H26N10/c1-16-14-37(15-30-16)25-12-29-11-24-20(25)8-23(32-24)27-26-22(34-35-27)6-5-21(33-26)18-7-19(10-28-9-18)31-17(2)13-36(3)4/h5-12,14-15,31-32H,2,13H2,1,3-4H3,(H,34,35). The summed E-state index contributed by atoms with van der Waals surface area (Å²) in [7, 11) is 4.01. The van der Waals surface area contributed by atoms with Crippen molar-refractivity contribution >= 4 is 27.6 Å². The van der Waals surface area contributed by atoms with E-state index in [1.165, 1.54) is 0 Å². The summed E-state index contributed by atoms with van der Waals surface area (Å²) in [4.78, 5) is 23.6. The molecule has 0 aliphatic heterocycles. The third-order valence-electron chi connectivity index (χ3n) is 6.04. The highest BCUT2D eigenvalue weighted by Crippen LogP contribution is 2.31. The highest BCUT2D eigenvalue weighted by molar-refractivity contribution is 5.96. The molecule has 0 unspecified atom stereocenters. The van der Waals surface area contributed by atoms with E-state index in [0.29, 0.717) is 0 Å².